The molecule has 1 atom stereocenters. The third kappa shape index (κ3) is 4.21. The minimum Gasteiger partial charge on any atom is -0.371 e. The third-order valence-electron chi connectivity index (χ3n) is 4.58. The van der Waals surface area contributed by atoms with Gasteiger partial charge in [-0.15, -0.1) is 0 Å². The van der Waals surface area contributed by atoms with E-state index in [1.54, 1.807) is 0 Å². The van der Waals surface area contributed by atoms with Crippen molar-refractivity contribution in [3.05, 3.63) is 28.2 Å². The molecule has 1 saturated heterocycles. The molecule has 1 heterocycles. The van der Waals surface area contributed by atoms with Crippen molar-refractivity contribution in [3.63, 3.8) is 0 Å². The summed E-state index contributed by atoms with van der Waals surface area (Å²) in [5.41, 5.74) is 2.74. The van der Waals surface area contributed by atoms with E-state index in [2.05, 4.69) is 77.2 Å². The van der Waals surface area contributed by atoms with E-state index in [0.717, 1.165) is 11.0 Å². The summed E-state index contributed by atoms with van der Waals surface area (Å²) in [5, 5.41) is 3.54. The van der Waals surface area contributed by atoms with Crippen LogP contribution in [0.3, 0.4) is 0 Å². The highest BCUT2D eigenvalue weighted by Crippen LogP contribution is 2.31. The first-order valence-corrected chi connectivity index (χ1v) is 8.76. The van der Waals surface area contributed by atoms with Gasteiger partial charge in [0, 0.05) is 29.3 Å². The third-order valence-corrected chi connectivity index (χ3v) is 5.08. The Bertz CT molecular complexity index is 455. The maximum Gasteiger partial charge on any atom is 0.0415 e. The Morgan fingerprint density at radius 1 is 1.38 bits per heavy atom. The van der Waals surface area contributed by atoms with Gasteiger partial charge in [-0.25, -0.2) is 0 Å². The Balaban J connectivity index is 2.21. The quantitative estimate of drug-likeness (QED) is 0.871. The van der Waals surface area contributed by atoms with E-state index < -0.39 is 0 Å². The Morgan fingerprint density at radius 2 is 2.05 bits per heavy atom. The van der Waals surface area contributed by atoms with Crippen molar-refractivity contribution < 1.29 is 0 Å². The standard InChI is InChI=1S/C17H28BrN3/c1-5-19-13(2)16-12-14(18)6-7-17(16)21(4)15-8-10-20(3)11-9-15/h6-7,12-13,15,19H,5,8-11H2,1-4H3. The number of hydrogen-bond acceptors (Lipinski definition) is 3. The van der Waals surface area contributed by atoms with Crippen LogP contribution in [0.4, 0.5) is 5.69 Å². The molecule has 0 amide bonds. The molecular weight excluding hydrogens is 326 g/mol. The van der Waals surface area contributed by atoms with Crippen molar-refractivity contribution in [2.24, 2.45) is 0 Å². The van der Waals surface area contributed by atoms with Crippen LogP contribution in [0, 0.1) is 0 Å². The van der Waals surface area contributed by atoms with Gasteiger partial charge in [0.1, 0.15) is 0 Å². The van der Waals surface area contributed by atoms with Crippen LogP contribution < -0.4 is 10.2 Å². The maximum atomic E-state index is 3.62. The van der Waals surface area contributed by atoms with Crippen molar-refractivity contribution in [1.82, 2.24) is 10.2 Å². The largest absolute Gasteiger partial charge is 0.371 e. The van der Waals surface area contributed by atoms with Gasteiger partial charge in [-0.3, -0.25) is 0 Å². The van der Waals surface area contributed by atoms with E-state index in [1.165, 1.54) is 37.2 Å². The second-order valence-corrected chi connectivity index (χ2v) is 7.04. The van der Waals surface area contributed by atoms with Gasteiger partial charge in [0.15, 0.2) is 0 Å². The number of anilines is 1. The number of halogens is 1. The SMILES string of the molecule is CCNC(C)c1cc(Br)ccc1N(C)C1CCN(C)CC1. The lowest BCUT2D eigenvalue weighted by atomic mass is 10.00. The Labute approximate surface area is 137 Å². The van der Waals surface area contributed by atoms with Crippen molar-refractivity contribution in [2.75, 3.05) is 38.6 Å². The summed E-state index contributed by atoms with van der Waals surface area (Å²) in [6.07, 6.45) is 2.50. The van der Waals surface area contributed by atoms with E-state index >= 15 is 0 Å². The first-order valence-electron chi connectivity index (χ1n) is 7.97. The van der Waals surface area contributed by atoms with E-state index in [1.807, 2.05) is 0 Å². The molecule has 4 heteroatoms. The number of nitrogens with one attached hydrogen (secondary N) is 1. The molecule has 1 aliphatic rings. The Kier molecular flexibility index (Phi) is 6.08. The first-order chi connectivity index (χ1) is 10.0. The summed E-state index contributed by atoms with van der Waals surface area (Å²) in [7, 11) is 4.47. The van der Waals surface area contributed by atoms with Crippen LogP contribution >= 0.6 is 15.9 Å². The molecule has 0 spiro atoms. The normalized spacial score (nSPS) is 18.7. The number of hydrogen-bond donors (Lipinski definition) is 1. The van der Waals surface area contributed by atoms with Gasteiger partial charge in [-0.2, -0.15) is 0 Å². The molecule has 21 heavy (non-hydrogen) atoms. The molecule has 1 unspecified atom stereocenters. The summed E-state index contributed by atoms with van der Waals surface area (Å²) in [5.74, 6) is 0. The molecule has 1 aliphatic heterocycles. The van der Waals surface area contributed by atoms with E-state index in [0.29, 0.717) is 12.1 Å². The summed E-state index contributed by atoms with van der Waals surface area (Å²) >= 11 is 3.62. The van der Waals surface area contributed by atoms with Gasteiger partial charge in [0.05, 0.1) is 0 Å². The fraction of sp³-hybridized carbons (Fsp3) is 0.647. The highest BCUT2D eigenvalue weighted by atomic mass is 79.9. The van der Waals surface area contributed by atoms with E-state index in [9.17, 15) is 0 Å². The second kappa shape index (κ2) is 7.61. The molecular formula is C17H28BrN3. The van der Waals surface area contributed by atoms with Crippen LogP contribution in [-0.2, 0) is 0 Å². The lowest BCUT2D eigenvalue weighted by Crippen LogP contribution is -2.42. The lowest BCUT2D eigenvalue weighted by Gasteiger charge is -2.38. The summed E-state index contributed by atoms with van der Waals surface area (Å²) in [6.45, 7) is 7.80. The van der Waals surface area contributed by atoms with E-state index in [-0.39, 0.29) is 0 Å². The van der Waals surface area contributed by atoms with Crippen LogP contribution in [-0.4, -0.2) is 44.7 Å². The van der Waals surface area contributed by atoms with Crippen molar-refractivity contribution >= 4 is 21.6 Å². The average molecular weight is 354 g/mol. The second-order valence-electron chi connectivity index (χ2n) is 6.13. The monoisotopic (exact) mass is 353 g/mol. The molecule has 2 rings (SSSR count). The van der Waals surface area contributed by atoms with Gasteiger partial charge < -0.3 is 15.1 Å². The number of benzene rings is 1. The van der Waals surface area contributed by atoms with Crippen LogP contribution in [0.5, 0.6) is 0 Å². The topological polar surface area (TPSA) is 18.5 Å². The fourth-order valence-electron chi connectivity index (χ4n) is 3.19. The van der Waals surface area contributed by atoms with Gasteiger partial charge in [-0.1, -0.05) is 22.9 Å². The number of nitrogens with zero attached hydrogens (tertiary/aromatic N) is 2. The predicted molar refractivity (Wildman–Crippen MR) is 95.2 cm³/mol. The highest BCUT2D eigenvalue weighted by molar-refractivity contribution is 9.10. The molecule has 1 aromatic carbocycles. The zero-order chi connectivity index (χ0) is 15.4. The Morgan fingerprint density at radius 3 is 2.67 bits per heavy atom. The predicted octanol–water partition coefficient (Wildman–Crippen LogP) is 3.65. The smallest absolute Gasteiger partial charge is 0.0415 e. The van der Waals surface area contributed by atoms with Crippen LogP contribution in [0.25, 0.3) is 0 Å². The lowest BCUT2D eigenvalue weighted by molar-refractivity contribution is 0.252. The first kappa shape index (κ1) is 16.8. The van der Waals surface area contributed by atoms with Crippen LogP contribution in [0.2, 0.25) is 0 Å². The molecule has 1 aromatic rings. The number of rotatable bonds is 5. The number of likely N-dealkylation sites (tertiary alicyclic amines) is 1. The maximum absolute atomic E-state index is 3.62. The van der Waals surface area contributed by atoms with Crippen LogP contribution in [0.15, 0.2) is 22.7 Å². The van der Waals surface area contributed by atoms with Gasteiger partial charge in [-0.05, 0) is 70.2 Å². The summed E-state index contributed by atoms with van der Waals surface area (Å²) in [6, 6.07) is 7.69. The van der Waals surface area contributed by atoms with Crippen molar-refractivity contribution in [1.29, 1.82) is 0 Å². The molecule has 0 aromatic heterocycles. The average Bonchev–Trinajstić information content (AvgIpc) is 2.47. The van der Waals surface area contributed by atoms with E-state index in [4.69, 9.17) is 0 Å². The fourth-order valence-corrected chi connectivity index (χ4v) is 3.57. The summed E-state index contributed by atoms with van der Waals surface area (Å²) < 4.78 is 1.16. The minimum atomic E-state index is 0.371. The summed E-state index contributed by atoms with van der Waals surface area (Å²) in [4.78, 5) is 4.91. The zero-order valence-corrected chi connectivity index (χ0v) is 15.3. The highest BCUT2D eigenvalue weighted by Gasteiger charge is 2.23. The molecule has 0 saturated carbocycles. The Hall–Kier alpha value is -0.580. The molecule has 0 bridgehead atoms. The molecule has 0 radical (unpaired) electrons. The molecule has 1 N–H and O–H groups in total. The minimum absolute atomic E-state index is 0.371. The van der Waals surface area contributed by atoms with Gasteiger partial charge >= 0.3 is 0 Å². The molecule has 1 fully saturated rings. The van der Waals surface area contributed by atoms with Gasteiger partial charge in [0.25, 0.3) is 0 Å². The molecule has 3 nitrogen and oxygen atoms in total. The zero-order valence-electron chi connectivity index (χ0n) is 13.7. The van der Waals surface area contributed by atoms with Crippen molar-refractivity contribution in [2.45, 2.75) is 38.8 Å². The van der Waals surface area contributed by atoms with Crippen LogP contribution in [0.1, 0.15) is 38.3 Å². The number of piperidine rings is 1. The molecule has 118 valence electrons. The van der Waals surface area contributed by atoms with Gasteiger partial charge in [0.2, 0.25) is 0 Å². The van der Waals surface area contributed by atoms with Crippen molar-refractivity contribution in [3.8, 4) is 0 Å². The molecule has 0 aliphatic carbocycles.